The molecule has 1 aromatic carbocycles. The monoisotopic (exact) mass is 415 g/mol. The molecular weight excluding hydrogens is 387 g/mol. The van der Waals surface area contributed by atoms with Crippen molar-refractivity contribution in [1.82, 2.24) is 9.78 Å². The zero-order valence-corrected chi connectivity index (χ0v) is 17.1. The summed E-state index contributed by atoms with van der Waals surface area (Å²) in [6.45, 7) is 0.785. The minimum Gasteiger partial charge on any atom is -0.370 e. The van der Waals surface area contributed by atoms with Gasteiger partial charge in [-0.3, -0.25) is 0 Å². The van der Waals surface area contributed by atoms with Crippen molar-refractivity contribution >= 4 is 5.82 Å². The van der Waals surface area contributed by atoms with Gasteiger partial charge in [0, 0.05) is 17.5 Å². The summed E-state index contributed by atoms with van der Waals surface area (Å²) in [7, 11) is 0. The van der Waals surface area contributed by atoms with Crippen LogP contribution in [-0.4, -0.2) is 16.3 Å². The van der Waals surface area contributed by atoms with E-state index >= 15 is 0 Å². The average Bonchev–Trinajstić information content (AvgIpc) is 2.89. The van der Waals surface area contributed by atoms with Crippen LogP contribution in [0.2, 0.25) is 0 Å². The van der Waals surface area contributed by atoms with Gasteiger partial charge in [0.05, 0.1) is 16.9 Å². The Kier molecular flexibility index (Phi) is 4.07. The highest BCUT2D eigenvalue weighted by atomic mass is 19.4. The van der Waals surface area contributed by atoms with Crippen LogP contribution < -0.4 is 5.32 Å². The van der Waals surface area contributed by atoms with Gasteiger partial charge in [0.15, 0.2) is 0 Å². The minimum atomic E-state index is -4.40. The maximum atomic E-state index is 13.8. The molecule has 1 aliphatic heterocycles. The molecule has 0 atom stereocenters. The number of benzene rings is 1. The number of hydrogen-bond acceptors (Lipinski definition) is 2. The Bertz CT molecular complexity index is 939. The predicted molar refractivity (Wildman–Crippen MR) is 110 cm³/mol. The first-order valence-corrected chi connectivity index (χ1v) is 11.5. The largest absolute Gasteiger partial charge is 0.418 e. The van der Waals surface area contributed by atoms with Gasteiger partial charge in [-0.2, -0.15) is 18.3 Å². The summed E-state index contributed by atoms with van der Waals surface area (Å²) in [5, 5.41) is 8.48. The molecule has 4 fully saturated rings. The van der Waals surface area contributed by atoms with Gasteiger partial charge in [0.1, 0.15) is 5.82 Å². The summed E-state index contributed by atoms with van der Waals surface area (Å²) < 4.78 is 43.0. The van der Waals surface area contributed by atoms with Gasteiger partial charge in [0.2, 0.25) is 0 Å². The van der Waals surface area contributed by atoms with Crippen molar-refractivity contribution in [2.45, 2.75) is 69.4 Å². The normalized spacial score (nSPS) is 32.6. The average molecular weight is 416 g/mol. The molecule has 3 nitrogen and oxygen atoms in total. The summed E-state index contributed by atoms with van der Waals surface area (Å²) in [5.74, 6) is 3.13. The molecule has 160 valence electrons. The highest BCUT2D eigenvalue weighted by Crippen LogP contribution is 2.61. The van der Waals surface area contributed by atoms with Crippen molar-refractivity contribution < 1.29 is 13.2 Å². The van der Waals surface area contributed by atoms with Gasteiger partial charge in [-0.1, -0.05) is 12.1 Å². The summed E-state index contributed by atoms with van der Waals surface area (Å²) in [6, 6.07) is 5.87. The molecule has 4 saturated carbocycles. The molecule has 2 heterocycles. The summed E-state index contributed by atoms with van der Waals surface area (Å²) >= 11 is 0. The SMILES string of the molecule is FC(F)(F)c1ccccc1-n1nc(C23CC4CC(CC(C4)C2)C3)c2c1NCCCC2. The second kappa shape index (κ2) is 6.51. The number of aromatic nitrogens is 2. The van der Waals surface area contributed by atoms with Gasteiger partial charge in [-0.25, -0.2) is 4.68 Å². The lowest BCUT2D eigenvalue weighted by molar-refractivity contribution is -0.137. The van der Waals surface area contributed by atoms with Crippen LogP contribution in [0.3, 0.4) is 0 Å². The lowest BCUT2D eigenvalue weighted by Crippen LogP contribution is -2.49. The van der Waals surface area contributed by atoms with E-state index in [4.69, 9.17) is 5.10 Å². The summed E-state index contributed by atoms with van der Waals surface area (Å²) in [6.07, 6.45) is 6.15. The van der Waals surface area contributed by atoms with Crippen LogP contribution in [-0.2, 0) is 18.0 Å². The Morgan fingerprint density at radius 2 is 1.63 bits per heavy atom. The fourth-order valence-corrected chi connectivity index (χ4v) is 7.40. The number of halogens is 3. The molecule has 0 saturated heterocycles. The molecule has 1 aromatic heterocycles. The van der Waals surface area contributed by atoms with Crippen molar-refractivity contribution in [3.63, 3.8) is 0 Å². The highest BCUT2D eigenvalue weighted by molar-refractivity contribution is 5.58. The van der Waals surface area contributed by atoms with Gasteiger partial charge in [0.25, 0.3) is 0 Å². The van der Waals surface area contributed by atoms with E-state index in [1.165, 1.54) is 56.2 Å². The number of hydrogen-bond donors (Lipinski definition) is 1. The Labute approximate surface area is 175 Å². The van der Waals surface area contributed by atoms with Crippen LogP contribution in [0, 0.1) is 17.8 Å². The van der Waals surface area contributed by atoms with Crippen LogP contribution in [0.5, 0.6) is 0 Å². The van der Waals surface area contributed by atoms with E-state index < -0.39 is 11.7 Å². The third-order valence-electron chi connectivity index (χ3n) is 8.11. The van der Waals surface area contributed by atoms with Crippen molar-refractivity contribution in [3.8, 4) is 5.69 Å². The van der Waals surface area contributed by atoms with Gasteiger partial charge in [-0.15, -0.1) is 0 Å². The Balaban J connectivity index is 1.53. The molecule has 1 N–H and O–H groups in total. The van der Waals surface area contributed by atoms with Gasteiger partial charge >= 0.3 is 6.18 Å². The van der Waals surface area contributed by atoms with Crippen LogP contribution in [0.15, 0.2) is 24.3 Å². The Hall–Kier alpha value is -1.98. The van der Waals surface area contributed by atoms with E-state index in [1.807, 2.05) is 0 Å². The second-order valence-corrected chi connectivity index (χ2v) is 10.2. The zero-order valence-electron chi connectivity index (χ0n) is 17.1. The molecular formula is C24H28F3N3. The predicted octanol–water partition coefficient (Wildman–Crippen LogP) is 6.11. The molecule has 4 aliphatic carbocycles. The molecule has 4 bridgehead atoms. The number of nitrogens with one attached hydrogen (secondary N) is 1. The van der Waals surface area contributed by atoms with Crippen LogP contribution >= 0.6 is 0 Å². The summed E-state index contributed by atoms with van der Waals surface area (Å²) in [4.78, 5) is 0. The van der Waals surface area contributed by atoms with E-state index in [0.717, 1.165) is 55.1 Å². The molecule has 0 amide bonds. The fraction of sp³-hybridized carbons (Fsp3) is 0.625. The van der Waals surface area contributed by atoms with E-state index in [0.29, 0.717) is 0 Å². The molecule has 2 aromatic rings. The molecule has 5 aliphatic rings. The Morgan fingerprint density at radius 1 is 0.967 bits per heavy atom. The second-order valence-electron chi connectivity index (χ2n) is 10.2. The van der Waals surface area contributed by atoms with Crippen LogP contribution in [0.1, 0.15) is 68.2 Å². The molecule has 0 radical (unpaired) electrons. The number of rotatable bonds is 2. The number of para-hydroxylation sites is 1. The first-order chi connectivity index (χ1) is 14.4. The third kappa shape index (κ3) is 2.82. The smallest absolute Gasteiger partial charge is 0.370 e. The standard InChI is InChI=1S/C24H28F3N3/c25-24(26,27)19-6-1-2-7-20(19)30-22-18(5-3-4-8-28-22)21(29-30)23-12-15-9-16(13-23)11-17(10-15)14-23/h1-2,6-7,15-17,28H,3-5,8-14H2. The quantitative estimate of drug-likeness (QED) is 0.642. The number of alkyl halides is 3. The first kappa shape index (κ1) is 18.8. The maximum absolute atomic E-state index is 13.8. The molecule has 30 heavy (non-hydrogen) atoms. The number of nitrogens with zero attached hydrogens (tertiary/aromatic N) is 2. The number of anilines is 1. The summed E-state index contributed by atoms with van der Waals surface area (Å²) in [5.41, 5.74) is 1.91. The van der Waals surface area contributed by atoms with Gasteiger partial charge < -0.3 is 5.32 Å². The topological polar surface area (TPSA) is 29.9 Å². The van der Waals surface area contributed by atoms with Crippen molar-refractivity contribution in [2.75, 3.05) is 11.9 Å². The number of fused-ring (bicyclic) bond motifs is 1. The zero-order chi connectivity index (χ0) is 20.5. The van der Waals surface area contributed by atoms with E-state index in [-0.39, 0.29) is 11.1 Å². The van der Waals surface area contributed by atoms with Crippen LogP contribution in [0.4, 0.5) is 19.0 Å². The van der Waals surface area contributed by atoms with E-state index in [1.54, 1.807) is 16.8 Å². The maximum Gasteiger partial charge on any atom is 0.418 e. The lowest BCUT2D eigenvalue weighted by Gasteiger charge is -2.56. The lowest BCUT2D eigenvalue weighted by atomic mass is 9.48. The highest BCUT2D eigenvalue weighted by Gasteiger charge is 2.54. The van der Waals surface area contributed by atoms with Crippen molar-refractivity contribution in [1.29, 1.82) is 0 Å². The molecule has 0 spiro atoms. The minimum absolute atomic E-state index is 0.0727. The van der Waals surface area contributed by atoms with E-state index in [9.17, 15) is 13.2 Å². The molecule has 6 heteroatoms. The Morgan fingerprint density at radius 3 is 2.30 bits per heavy atom. The third-order valence-corrected chi connectivity index (χ3v) is 8.11. The fourth-order valence-electron chi connectivity index (χ4n) is 7.40. The molecule has 0 unspecified atom stereocenters. The van der Waals surface area contributed by atoms with Crippen molar-refractivity contribution in [3.05, 3.63) is 41.1 Å². The van der Waals surface area contributed by atoms with E-state index in [2.05, 4.69) is 5.32 Å². The van der Waals surface area contributed by atoms with Crippen molar-refractivity contribution in [2.24, 2.45) is 17.8 Å². The first-order valence-electron chi connectivity index (χ1n) is 11.5. The van der Waals surface area contributed by atoms with Crippen LogP contribution in [0.25, 0.3) is 5.69 Å². The molecule has 7 rings (SSSR count). The van der Waals surface area contributed by atoms with Gasteiger partial charge in [-0.05, 0) is 87.7 Å².